The van der Waals surface area contributed by atoms with Gasteiger partial charge in [0.05, 0.1) is 6.61 Å². The number of aryl methyl sites for hydroxylation is 1. The molecule has 24 heavy (non-hydrogen) atoms. The second kappa shape index (κ2) is 6.93. The van der Waals surface area contributed by atoms with Crippen molar-refractivity contribution in [1.82, 2.24) is 9.13 Å². The highest BCUT2D eigenvalue weighted by molar-refractivity contribution is 5.80. The van der Waals surface area contributed by atoms with Gasteiger partial charge in [0.1, 0.15) is 0 Å². The Kier molecular flexibility index (Phi) is 4.34. The summed E-state index contributed by atoms with van der Waals surface area (Å²) in [6.07, 6.45) is 5.34. The van der Waals surface area contributed by atoms with E-state index >= 15 is 0 Å². The van der Waals surface area contributed by atoms with Gasteiger partial charge in [-0.15, -0.1) is 0 Å². The van der Waals surface area contributed by atoms with Gasteiger partial charge < -0.3 is 13.9 Å². The van der Waals surface area contributed by atoms with E-state index in [1.54, 1.807) is 0 Å². The van der Waals surface area contributed by atoms with Crippen molar-refractivity contribution in [1.29, 1.82) is 0 Å². The Morgan fingerprint density at radius 2 is 1.21 bits per heavy atom. The zero-order valence-electron chi connectivity index (χ0n) is 13.8. The average molecular weight is 318 g/mol. The Labute approximate surface area is 142 Å². The molecule has 0 spiro atoms. The van der Waals surface area contributed by atoms with Crippen LogP contribution < -0.4 is 0 Å². The summed E-state index contributed by atoms with van der Waals surface area (Å²) < 4.78 is 10.4. The molecule has 0 unspecified atom stereocenters. The summed E-state index contributed by atoms with van der Waals surface area (Å²) >= 11 is 0. The summed E-state index contributed by atoms with van der Waals surface area (Å²) in [5.41, 5.74) is 2.58. The molecule has 4 rings (SSSR count). The molecule has 0 aliphatic heterocycles. The summed E-state index contributed by atoms with van der Waals surface area (Å²) in [6.45, 7) is 3.46. The Morgan fingerprint density at radius 1 is 0.625 bits per heavy atom. The fraction of sp³-hybridized carbons (Fsp3) is 0.238. The van der Waals surface area contributed by atoms with Crippen LogP contribution in [-0.2, 0) is 17.8 Å². The molecule has 0 bridgehead atoms. The highest BCUT2D eigenvalue weighted by Crippen LogP contribution is 2.16. The number of para-hydroxylation sites is 2. The van der Waals surface area contributed by atoms with Crippen molar-refractivity contribution >= 4 is 21.8 Å². The lowest BCUT2D eigenvalue weighted by molar-refractivity contribution is 0.122. The molecule has 0 amide bonds. The molecule has 0 saturated heterocycles. The number of benzene rings is 2. The fourth-order valence-electron chi connectivity index (χ4n) is 3.27. The molecule has 122 valence electrons. The molecule has 0 fully saturated rings. The van der Waals surface area contributed by atoms with Crippen LogP contribution in [0.1, 0.15) is 6.42 Å². The van der Waals surface area contributed by atoms with Gasteiger partial charge in [-0.05, 0) is 41.5 Å². The second-order valence-electron chi connectivity index (χ2n) is 6.10. The highest BCUT2D eigenvalue weighted by Gasteiger charge is 2.01. The molecule has 2 aromatic carbocycles. The summed E-state index contributed by atoms with van der Waals surface area (Å²) in [7, 11) is 0. The summed E-state index contributed by atoms with van der Waals surface area (Å²) in [5, 5.41) is 2.59. The van der Waals surface area contributed by atoms with Crippen molar-refractivity contribution in [2.75, 3.05) is 13.2 Å². The van der Waals surface area contributed by atoms with E-state index in [2.05, 4.69) is 82.2 Å². The van der Waals surface area contributed by atoms with Crippen molar-refractivity contribution in [3.63, 3.8) is 0 Å². The molecule has 2 aromatic heterocycles. The predicted octanol–water partition coefficient (Wildman–Crippen LogP) is 4.70. The van der Waals surface area contributed by atoms with E-state index in [0.29, 0.717) is 0 Å². The maximum atomic E-state index is 5.83. The number of hydrogen-bond donors (Lipinski definition) is 0. The van der Waals surface area contributed by atoms with Crippen molar-refractivity contribution in [3.8, 4) is 0 Å². The SMILES string of the molecule is c1ccc2c(c1)ccn2CCCOCCn1ccc2ccccc21. The molecular weight excluding hydrogens is 296 g/mol. The first-order valence-electron chi connectivity index (χ1n) is 8.57. The number of hydrogen-bond acceptors (Lipinski definition) is 1. The first-order chi connectivity index (χ1) is 11.9. The standard InChI is InChI=1S/C21H22N2O/c1-3-8-20-18(6-1)10-13-22(20)12-5-16-24-17-15-23-14-11-19-7-2-4-9-21(19)23/h1-4,6-11,13-14H,5,12,15-17H2. The van der Waals surface area contributed by atoms with Crippen LogP contribution in [0, 0.1) is 0 Å². The topological polar surface area (TPSA) is 19.1 Å². The number of rotatable bonds is 7. The Hall–Kier alpha value is -2.52. The van der Waals surface area contributed by atoms with Crippen molar-refractivity contribution in [2.24, 2.45) is 0 Å². The van der Waals surface area contributed by atoms with Crippen LogP contribution in [-0.4, -0.2) is 22.3 Å². The van der Waals surface area contributed by atoms with Crippen molar-refractivity contribution in [2.45, 2.75) is 19.5 Å². The molecule has 2 heterocycles. The predicted molar refractivity (Wildman–Crippen MR) is 99.3 cm³/mol. The van der Waals surface area contributed by atoms with Gasteiger partial charge in [0.15, 0.2) is 0 Å². The third-order valence-corrected chi connectivity index (χ3v) is 4.52. The van der Waals surface area contributed by atoms with Crippen molar-refractivity contribution in [3.05, 3.63) is 73.1 Å². The molecule has 0 atom stereocenters. The van der Waals surface area contributed by atoms with Gasteiger partial charge in [0.25, 0.3) is 0 Å². The fourth-order valence-corrected chi connectivity index (χ4v) is 3.27. The van der Waals surface area contributed by atoms with E-state index in [9.17, 15) is 0 Å². The molecule has 0 aliphatic carbocycles. The summed E-state index contributed by atoms with van der Waals surface area (Å²) in [6, 6.07) is 21.3. The number of nitrogens with zero attached hydrogens (tertiary/aromatic N) is 2. The number of fused-ring (bicyclic) bond motifs is 2. The van der Waals surface area contributed by atoms with Gasteiger partial charge >= 0.3 is 0 Å². The normalized spacial score (nSPS) is 11.5. The average Bonchev–Trinajstić information content (AvgIpc) is 3.22. The zero-order valence-corrected chi connectivity index (χ0v) is 13.8. The van der Waals surface area contributed by atoms with Crippen LogP contribution in [0.2, 0.25) is 0 Å². The van der Waals surface area contributed by atoms with Gasteiger partial charge in [0.2, 0.25) is 0 Å². The summed E-state index contributed by atoms with van der Waals surface area (Å²) in [4.78, 5) is 0. The lowest BCUT2D eigenvalue weighted by Crippen LogP contribution is -2.07. The van der Waals surface area contributed by atoms with Crippen LogP contribution >= 0.6 is 0 Å². The third kappa shape index (κ3) is 3.08. The Bertz CT molecular complexity index is 857. The van der Waals surface area contributed by atoms with Gasteiger partial charge in [-0.3, -0.25) is 0 Å². The number of ether oxygens (including phenoxy) is 1. The molecule has 0 radical (unpaired) electrons. The number of aromatic nitrogens is 2. The van der Waals surface area contributed by atoms with Gasteiger partial charge in [-0.25, -0.2) is 0 Å². The van der Waals surface area contributed by atoms with Gasteiger partial charge in [0, 0.05) is 43.1 Å². The minimum atomic E-state index is 0.755. The first-order valence-corrected chi connectivity index (χ1v) is 8.57. The van der Waals surface area contributed by atoms with Crippen LogP contribution in [0.3, 0.4) is 0 Å². The Morgan fingerprint density at radius 3 is 1.88 bits per heavy atom. The molecule has 4 aromatic rings. The van der Waals surface area contributed by atoms with Crippen LogP contribution in [0.15, 0.2) is 73.1 Å². The zero-order chi connectivity index (χ0) is 16.2. The van der Waals surface area contributed by atoms with Gasteiger partial charge in [-0.1, -0.05) is 36.4 Å². The van der Waals surface area contributed by atoms with E-state index in [1.807, 2.05) is 0 Å². The molecule has 0 N–H and O–H groups in total. The van der Waals surface area contributed by atoms with E-state index in [-0.39, 0.29) is 0 Å². The molecular formula is C21H22N2O. The smallest absolute Gasteiger partial charge is 0.0645 e. The second-order valence-corrected chi connectivity index (χ2v) is 6.10. The highest BCUT2D eigenvalue weighted by atomic mass is 16.5. The monoisotopic (exact) mass is 318 g/mol. The minimum absolute atomic E-state index is 0.755. The molecule has 0 saturated carbocycles. The minimum Gasteiger partial charge on any atom is -0.380 e. The van der Waals surface area contributed by atoms with Crippen molar-refractivity contribution < 1.29 is 4.74 Å². The lowest BCUT2D eigenvalue weighted by Gasteiger charge is -2.08. The van der Waals surface area contributed by atoms with Gasteiger partial charge in [-0.2, -0.15) is 0 Å². The van der Waals surface area contributed by atoms with Crippen LogP contribution in [0.25, 0.3) is 21.8 Å². The largest absolute Gasteiger partial charge is 0.380 e. The summed E-state index contributed by atoms with van der Waals surface area (Å²) in [5.74, 6) is 0. The third-order valence-electron chi connectivity index (χ3n) is 4.52. The lowest BCUT2D eigenvalue weighted by atomic mass is 10.2. The maximum absolute atomic E-state index is 5.83. The molecule has 3 heteroatoms. The Balaban J connectivity index is 1.24. The quantitative estimate of drug-likeness (QED) is 0.452. The van der Waals surface area contributed by atoms with Crippen LogP contribution in [0.5, 0.6) is 0 Å². The van der Waals surface area contributed by atoms with E-state index < -0.39 is 0 Å². The molecule has 3 nitrogen and oxygen atoms in total. The van der Waals surface area contributed by atoms with E-state index in [1.165, 1.54) is 21.8 Å². The van der Waals surface area contributed by atoms with E-state index in [4.69, 9.17) is 4.74 Å². The van der Waals surface area contributed by atoms with Crippen LogP contribution in [0.4, 0.5) is 0 Å². The molecule has 0 aliphatic rings. The maximum Gasteiger partial charge on any atom is 0.0645 e. The first kappa shape index (κ1) is 15.0. The van der Waals surface area contributed by atoms with E-state index in [0.717, 1.165) is 32.7 Å².